The number of halogens is 6. The highest BCUT2D eigenvalue weighted by Gasteiger charge is 2.53. The van der Waals surface area contributed by atoms with E-state index in [1.165, 1.54) is 43.6 Å². The summed E-state index contributed by atoms with van der Waals surface area (Å²) < 4.78 is 73.0. The smallest absolute Gasteiger partial charge is 0.405 e. The Labute approximate surface area is 293 Å². The number of hydrogen-bond acceptors (Lipinski definition) is 7. The van der Waals surface area contributed by atoms with Crippen LogP contribution in [0.5, 0.6) is 5.75 Å². The second-order valence-electron chi connectivity index (χ2n) is 11.7. The normalized spacial score (nSPS) is 15.0. The van der Waals surface area contributed by atoms with Crippen molar-refractivity contribution in [3.8, 4) is 5.75 Å². The zero-order valence-electron chi connectivity index (χ0n) is 26.9. The predicted molar refractivity (Wildman–Crippen MR) is 173 cm³/mol. The van der Waals surface area contributed by atoms with Gasteiger partial charge in [0.05, 0.1) is 13.2 Å². The number of amides is 4. The van der Waals surface area contributed by atoms with Crippen LogP contribution in [0.3, 0.4) is 0 Å². The number of aromatic nitrogens is 1. The summed E-state index contributed by atoms with van der Waals surface area (Å²) in [5.41, 5.74) is 0.609. The largest absolute Gasteiger partial charge is 0.497 e. The third-order valence-electron chi connectivity index (χ3n) is 8.09. The number of methoxy groups -OCH3 is 1. The summed E-state index contributed by atoms with van der Waals surface area (Å²) in [6, 6.07) is 11.6. The standard InChI is InChI=1S/C34H33ClF5N5O6/c1-51-23-13-11-21(12-14-23)27(31(49)44-26(20-7-5-8-20)28(46)34(39,40)32(50)42-18-33(36,37)38)45-30(48)25(17-19-6-4-9-22(35)16-19)43-29(47)24-10-2-3-15-41-24/h2-4,6,9-16,20,25-27H,5,7-8,17-18H2,1H3,(H,42,50)(H,43,47)(H,44,49)(H,45,48)/t25-,26-,27-/m0/s1. The first-order chi connectivity index (χ1) is 24.1. The monoisotopic (exact) mass is 737 g/mol. The molecule has 0 spiro atoms. The number of rotatable bonds is 15. The van der Waals surface area contributed by atoms with Gasteiger partial charge < -0.3 is 26.0 Å². The van der Waals surface area contributed by atoms with Crippen molar-refractivity contribution in [3.05, 3.63) is 94.8 Å². The summed E-state index contributed by atoms with van der Waals surface area (Å²) in [6.45, 7) is -2.10. The molecule has 0 saturated heterocycles. The molecular formula is C34H33ClF5N5O6. The topological polar surface area (TPSA) is 156 Å². The van der Waals surface area contributed by atoms with Gasteiger partial charge in [-0.2, -0.15) is 22.0 Å². The van der Waals surface area contributed by atoms with Crippen LogP contribution in [-0.4, -0.2) is 72.2 Å². The molecule has 0 unspecified atom stereocenters. The van der Waals surface area contributed by atoms with E-state index in [4.69, 9.17) is 16.3 Å². The number of carbonyl (C=O) groups is 5. The van der Waals surface area contributed by atoms with Crippen molar-refractivity contribution in [2.45, 2.75) is 55.9 Å². The van der Waals surface area contributed by atoms with Crippen LogP contribution in [-0.2, 0) is 25.6 Å². The average Bonchev–Trinajstić information content (AvgIpc) is 3.07. The quantitative estimate of drug-likeness (QED) is 0.135. The van der Waals surface area contributed by atoms with Gasteiger partial charge in [-0.3, -0.25) is 29.0 Å². The minimum absolute atomic E-state index is 0.0205. The minimum atomic E-state index is -5.03. The number of alkyl halides is 5. The molecular weight excluding hydrogens is 705 g/mol. The number of nitrogens with one attached hydrogen (secondary N) is 4. The Kier molecular flexibility index (Phi) is 12.7. The van der Waals surface area contributed by atoms with Gasteiger partial charge >= 0.3 is 12.1 Å². The van der Waals surface area contributed by atoms with Gasteiger partial charge in [0.2, 0.25) is 17.6 Å². The van der Waals surface area contributed by atoms with E-state index in [0.717, 1.165) is 5.32 Å². The zero-order chi connectivity index (χ0) is 37.3. The first kappa shape index (κ1) is 38.7. The number of pyridine rings is 1. The van der Waals surface area contributed by atoms with E-state index in [-0.39, 0.29) is 30.5 Å². The van der Waals surface area contributed by atoms with Crippen molar-refractivity contribution in [2.75, 3.05) is 13.7 Å². The predicted octanol–water partition coefficient (Wildman–Crippen LogP) is 4.11. The van der Waals surface area contributed by atoms with Crippen molar-refractivity contribution >= 4 is 41.0 Å². The summed E-state index contributed by atoms with van der Waals surface area (Å²) in [6.07, 6.45) is -2.90. The number of carbonyl (C=O) groups excluding carboxylic acids is 5. The van der Waals surface area contributed by atoms with E-state index < -0.39 is 72.1 Å². The van der Waals surface area contributed by atoms with Crippen molar-refractivity contribution in [2.24, 2.45) is 5.92 Å². The van der Waals surface area contributed by atoms with Crippen molar-refractivity contribution in [1.82, 2.24) is 26.3 Å². The first-order valence-electron chi connectivity index (χ1n) is 15.6. The molecule has 2 aromatic carbocycles. The zero-order valence-corrected chi connectivity index (χ0v) is 27.7. The van der Waals surface area contributed by atoms with Crippen LogP contribution in [0.4, 0.5) is 22.0 Å². The molecule has 0 aliphatic heterocycles. The van der Waals surface area contributed by atoms with Gasteiger partial charge in [-0.25, -0.2) is 0 Å². The highest BCUT2D eigenvalue weighted by Crippen LogP contribution is 2.34. The Balaban J connectivity index is 1.64. The van der Waals surface area contributed by atoms with Crippen LogP contribution in [0.15, 0.2) is 72.9 Å². The molecule has 1 saturated carbocycles. The van der Waals surface area contributed by atoms with E-state index in [0.29, 0.717) is 22.8 Å². The molecule has 4 N–H and O–H groups in total. The third-order valence-corrected chi connectivity index (χ3v) is 8.33. The van der Waals surface area contributed by atoms with Crippen LogP contribution in [0.2, 0.25) is 5.02 Å². The molecule has 0 bridgehead atoms. The molecule has 3 atom stereocenters. The van der Waals surface area contributed by atoms with Crippen LogP contribution < -0.4 is 26.0 Å². The van der Waals surface area contributed by atoms with Gasteiger partial charge in [-0.05, 0) is 66.3 Å². The van der Waals surface area contributed by atoms with E-state index in [2.05, 4.69) is 20.9 Å². The number of hydrogen-bond donors (Lipinski definition) is 4. The maximum atomic E-state index is 15.0. The SMILES string of the molecule is COc1ccc([C@H](NC(=O)[C@H](Cc2cccc(Cl)c2)NC(=O)c2ccccn2)C(=O)N[C@H](C(=O)C(F)(F)C(=O)NCC(F)(F)F)C2CCC2)cc1. The molecule has 11 nitrogen and oxygen atoms in total. The van der Waals surface area contributed by atoms with Crippen molar-refractivity contribution < 1.29 is 50.7 Å². The molecule has 1 aliphatic carbocycles. The molecule has 17 heteroatoms. The fraction of sp³-hybridized carbons (Fsp3) is 0.353. The van der Waals surface area contributed by atoms with E-state index >= 15 is 8.78 Å². The summed E-state index contributed by atoms with van der Waals surface area (Å²) in [7, 11) is 1.38. The van der Waals surface area contributed by atoms with Crippen LogP contribution in [0, 0.1) is 5.92 Å². The van der Waals surface area contributed by atoms with Gasteiger partial charge in [0.25, 0.3) is 11.8 Å². The van der Waals surface area contributed by atoms with Crippen molar-refractivity contribution in [1.29, 1.82) is 0 Å². The lowest BCUT2D eigenvalue weighted by Gasteiger charge is -2.35. The highest BCUT2D eigenvalue weighted by atomic mass is 35.5. The number of nitrogens with zero attached hydrogens (tertiary/aromatic N) is 1. The maximum Gasteiger partial charge on any atom is 0.405 e. The number of ether oxygens (including phenoxy) is 1. The molecule has 51 heavy (non-hydrogen) atoms. The molecule has 272 valence electrons. The van der Waals surface area contributed by atoms with E-state index in [9.17, 15) is 37.1 Å². The summed E-state index contributed by atoms with van der Waals surface area (Å²) in [5.74, 6) is -12.8. The van der Waals surface area contributed by atoms with E-state index in [1.54, 1.807) is 36.4 Å². The average molecular weight is 738 g/mol. The molecule has 1 heterocycles. The van der Waals surface area contributed by atoms with Crippen LogP contribution in [0.25, 0.3) is 0 Å². The summed E-state index contributed by atoms with van der Waals surface area (Å²) >= 11 is 6.13. The highest BCUT2D eigenvalue weighted by molar-refractivity contribution is 6.30. The second kappa shape index (κ2) is 16.7. The summed E-state index contributed by atoms with van der Waals surface area (Å²) in [4.78, 5) is 70.0. The molecule has 1 aromatic heterocycles. The molecule has 4 rings (SSSR count). The van der Waals surface area contributed by atoms with Gasteiger partial charge in [0.1, 0.15) is 30.1 Å². The van der Waals surface area contributed by atoms with Gasteiger partial charge in [0, 0.05) is 17.6 Å². The van der Waals surface area contributed by atoms with Crippen LogP contribution in [0.1, 0.15) is 46.9 Å². The molecule has 1 aliphatic rings. The fourth-order valence-corrected chi connectivity index (χ4v) is 5.40. The lowest BCUT2D eigenvalue weighted by atomic mass is 9.77. The number of ketones is 1. The summed E-state index contributed by atoms with van der Waals surface area (Å²) in [5, 5.41) is 8.67. The Bertz CT molecular complexity index is 1720. The lowest BCUT2D eigenvalue weighted by molar-refractivity contribution is -0.166. The number of benzene rings is 2. The third kappa shape index (κ3) is 10.4. The van der Waals surface area contributed by atoms with Crippen LogP contribution >= 0.6 is 11.6 Å². The van der Waals surface area contributed by atoms with Gasteiger partial charge in [-0.15, -0.1) is 0 Å². The Hall–Kier alpha value is -5.12. The van der Waals surface area contributed by atoms with Crippen molar-refractivity contribution in [3.63, 3.8) is 0 Å². The molecule has 3 aromatic rings. The molecule has 0 radical (unpaired) electrons. The first-order valence-corrected chi connectivity index (χ1v) is 15.9. The fourth-order valence-electron chi connectivity index (χ4n) is 5.18. The number of Topliss-reactive ketones (excluding diaryl/α,β-unsaturated/α-hetero) is 1. The van der Waals surface area contributed by atoms with Gasteiger partial charge in [-0.1, -0.05) is 48.4 Å². The van der Waals surface area contributed by atoms with Gasteiger partial charge in [0.15, 0.2) is 0 Å². The Morgan fingerprint density at radius 1 is 0.902 bits per heavy atom. The van der Waals surface area contributed by atoms with E-state index in [1.807, 2.05) is 0 Å². The second-order valence-corrected chi connectivity index (χ2v) is 12.1. The lowest BCUT2D eigenvalue weighted by Crippen LogP contribution is -2.60. The molecule has 1 fully saturated rings. The molecule has 4 amide bonds. The Morgan fingerprint density at radius 2 is 1.61 bits per heavy atom. The maximum absolute atomic E-state index is 15.0. The Morgan fingerprint density at radius 3 is 2.18 bits per heavy atom. The minimum Gasteiger partial charge on any atom is -0.497 e.